The molecule has 1 aromatic heterocycles. The van der Waals surface area contributed by atoms with Crippen molar-refractivity contribution in [3.63, 3.8) is 0 Å². The minimum absolute atomic E-state index is 0.0248. The fourth-order valence-electron chi connectivity index (χ4n) is 2.05. The summed E-state index contributed by atoms with van der Waals surface area (Å²) < 4.78 is 6.92. The fourth-order valence-corrected chi connectivity index (χ4v) is 2.05. The molecule has 0 aliphatic carbocycles. The number of carbonyl (C=O) groups excluding carboxylic acids is 1. The highest BCUT2D eigenvalue weighted by atomic mass is 16.5. The third-order valence-corrected chi connectivity index (χ3v) is 3.04. The van der Waals surface area contributed by atoms with E-state index in [1.165, 1.54) is 4.68 Å². The molecule has 0 spiro atoms. The van der Waals surface area contributed by atoms with Gasteiger partial charge in [0.2, 0.25) is 5.91 Å². The number of hydrogen-bond acceptors (Lipinski definition) is 5. The predicted molar refractivity (Wildman–Crippen MR) is 64.5 cm³/mol. The van der Waals surface area contributed by atoms with Crippen molar-refractivity contribution >= 4 is 5.91 Å². The molecule has 2 N–H and O–H groups in total. The van der Waals surface area contributed by atoms with Crippen LogP contribution in [0.2, 0.25) is 0 Å². The Balaban J connectivity index is 2.02. The van der Waals surface area contributed by atoms with Crippen LogP contribution in [0.5, 0.6) is 0 Å². The number of morpholine rings is 1. The highest BCUT2D eigenvalue weighted by Gasteiger charge is 2.34. The van der Waals surface area contributed by atoms with E-state index in [9.17, 15) is 4.79 Å². The average molecular weight is 253 g/mol. The Labute approximate surface area is 106 Å². The molecule has 1 fully saturated rings. The first-order chi connectivity index (χ1) is 8.53. The molecule has 1 aromatic rings. The quantitative estimate of drug-likeness (QED) is 0.775. The molecule has 2 heterocycles. The van der Waals surface area contributed by atoms with Crippen LogP contribution in [0.25, 0.3) is 0 Å². The third-order valence-electron chi connectivity index (χ3n) is 3.04. The van der Waals surface area contributed by atoms with E-state index in [0.717, 1.165) is 0 Å². The van der Waals surface area contributed by atoms with Gasteiger partial charge in [-0.05, 0) is 13.8 Å². The van der Waals surface area contributed by atoms with Gasteiger partial charge < -0.3 is 15.4 Å². The molecule has 0 unspecified atom stereocenters. The van der Waals surface area contributed by atoms with E-state index in [4.69, 9.17) is 10.5 Å². The molecule has 2 rings (SSSR count). The zero-order valence-electron chi connectivity index (χ0n) is 10.8. The van der Waals surface area contributed by atoms with Gasteiger partial charge in [0.1, 0.15) is 6.54 Å². The van der Waals surface area contributed by atoms with Crippen molar-refractivity contribution in [2.24, 2.45) is 5.73 Å². The van der Waals surface area contributed by atoms with Crippen LogP contribution < -0.4 is 5.73 Å². The van der Waals surface area contributed by atoms with E-state index >= 15 is 0 Å². The van der Waals surface area contributed by atoms with E-state index in [-0.39, 0.29) is 18.0 Å². The van der Waals surface area contributed by atoms with Crippen LogP contribution in [-0.2, 0) is 22.6 Å². The van der Waals surface area contributed by atoms with Gasteiger partial charge in [0, 0.05) is 13.1 Å². The Morgan fingerprint density at radius 1 is 1.61 bits per heavy atom. The minimum atomic E-state index is -0.271. The first-order valence-electron chi connectivity index (χ1n) is 6.00. The Morgan fingerprint density at radius 2 is 2.39 bits per heavy atom. The molecule has 0 bridgehead atoms. The second-order valence-corrected chi connectivity index (χ2v) is 5.02. The number of nitrogens with two attached hydrogens (primary N) is 1. The van der Waals surface area contributed by atoms with Crippen LogP contribution in [0.1, 0.15) is 19.5 Å². The number of amides is 1. The predicted octanol–water partition coefficient (Wildman–Crippen LogP) is -0.626. The van der Waals surface area contributed by atoms with E-state index in [1.807, 2.05) is 18.7 Å². The van der Waals surface area contributed by atoms with Crippen molar-refractivity contribution in [3.8, 4) is 0 Å². The maximum atomic E-state index is 12.2. The second-order valence-electron chi connectivity index (χ2n) is 5.02. The zero-order valence-corrected chi connectivity index (χ0v) is 10.8. The van der Waals surface area contributed by atoms with Crippen molar-refractivity contribution in [2.45, 2.75) is 32.5 Å². The second kappa shape index (κ2) is 5.03. The van der Waals surface area contributed by atoms with Crippen molar-refractivity contribution < 1.29 is 9.53 Å². The lowest BCUT2D eigenvalue weighted by Gasteiger charge is -2.42. The van der Waals surface area contributed by atoms with Crippen LogP contribution in [0, 0.1) is 0 Å². The number of nitrogens with zero attached hydrogens (tertiary/aromatic N) is 4. The summed E-state index contributed by atoms with van der Waals surface area (Å²) in [4.78, 5) is 14.1. The smallest absolute Gasteiger partial charge is 0.244 e. The van der Waals surface area contributed by atoms with Crippen LogP contribution in [0.15, 0.2) is 6.20 Å². The molecule has 7 nitrogen and oxygen atoms in total. The van der Waals surface area contributed by atoms with Gasteiger partial charge in [-0.15, -0.1) is 5.10 Å². The standard InChI is InChI=1S/C11H19N5O2/c1-11(2)8-18-4-3-16(11)10(17)7-15-6-9(5-12)13-14-15/h6H,3-5,7-8,12H2,1-2H3. The SMILES string of the molecule is CC1(C)COCCN1C(=O)Cn1cc(CN)nn1. The van der Waals surface area contributed by atoms with E-state index in [0.29, 0.717) is 32.0 Å². The summed E-state index contributed by atoms with van der Waals surface area (Å²) in [7, 11) is 0. The van der Waals surface area contributed by atoms with Gasteiger partial charge in [0.15, 0.2) is 0 Å². The van der Waals surface area contributed by atoms with Crippen LogP contribution >= 0.6 is 0 Å². The average Bonchev–Trinajstić information content (AvgIpc) is 2.76. The maximum absolute atomic E-state index is 12.2. The van der Waals surface area contributed by atoms with Gasteiger partial charge in [-0.2, -0.15) is 0 Å². The summed E-state index contributed by atoms with van der Waals surface area (Å²) in [5, 5.41) is 7.74. The monoisotopic (exact) mass is 253 g/mol. The van der Waals surface area contributed by atoms with Crippen molar-refractivity contribution in [2.75, 3.05) is 19.8 Å². The van der Waals surface area contributed by atoms with Crippen molar-refractivity contribution in [1.82, 2.24) is 19.9 Å². The molecule has 1 amide bonds. The molecule has 18 heavy (non-hydrogen) atoms. The lowest BCUT2D eigenvalue weighted by molar-refractivity contribution is -0.147. The Morgan fingerprint density at radius 3 is 3.00 bits per heavy atom. The number of rotatable bonds is 3. The summed E-state index contributed by atoms with van der Waals surface area (Å²) in [5.41, 5.74) is 5.87. The van der Waals surface area contributed by atoms with Gasteiger partial charge in [-0.25, -0.2) is 4.68 Å². The highest BCUT2D eigenvalue weighted by molar-refractivity contribution is 5.76. The van der Waals surface area contributed by atoms with Gasteiger partial charge >= 0.3 is 0 Å². The first-order valence-corrected chi connectivity index (χ1v) is 6.00. The van der Waals surface area contributed by atoms with Crippen molar-refractivity contribution in [1.29, 1.82) is 0 Å². The molecule has 0 saturated carbocycles. The van der Waals surface area contributed by atoms with Crippen LogP contribution in [0.4, 0.5) is 0 Å². The van der Waals surface area contributed by atoms with Gasteiger partial charge in [-0.1, -0.05) is 5.21 Å². The largest absolute Gasteiger partial charge is 0.377 e. The lowest BCUT2D eigenvalue weighted by atomic mass is 10.0. The van der Waals surface area contributed by atoms with E-state index < -0.39 is 0 Å². The topological polar surface area (TPSA) is 86.3 Å². The zero-order chi connectivity index (χ0) is 13.2. The summed E-state index contributed by atoms with van der Waals surface area (Å²) >= 11 is 0. The maximum Gasteiger partial charge on any atom is 0.244 e. The molecule has 1 saturated heterocycles. The first kappa shape index (κ1) is 13.0. The van der Waals surface area contributed by atoms with Gasteiger partial charge in [0.05, 0.1) is 30.6 Å². The summed E-state index contributed by atoms with van der Waals surface area (Å²) in [6, 6.07) is 0. The third kappa shape index (κ3) is 2.68. The summed E-state index contributed by atoms with van der Waals surface area (Å²) in [5.74, 6) is 0.0248. The fraction of sp³-hybridized carbons (Fsp3) is 0.727. The molecular formula is C11H19N5O2. The molecule has 0 radical (unpaired) electrons. The Bertz CT molecular complexity index is 429. The number of aromatic nitrogens is 3. The molecule has 1 aliphatic heterocycles. The van der Waals surface area contributed by atoms with E-state index in [1.54, 1.807) is 6.20 Å². The van der Waals surface area contributed by atoms with Gasteiger partial charge in [0.25, 0.3) is 0 Å². The lowest BCUT2D eigenvalue weighted by Crippen LogP contribution is -2.56. The van der Waals surface area contributed by atoms with Gasteiger partial charge in [-0.3, -0.25) is 4.79 Å². The Hall–Kier alpha value is -1.47. The number of carbonyl (C=O) groups is 1. The molecule has 0 atom stereocenters. The van der Waals surface area contributed by atoms with Crippen LogP contribution in [-0.4, -0.2) is 51.1 Å². The highest BCUT2D eigenvalue weighted by Crippen LogP contribution is 2.19. The van der Waals surface area contributed by atoms with Crippen molar-refractivity contribution in [3.05, 3.63) is 11.9 Å². The molecule has 1 aliphatic rings. The minimum Gasteiger partial charge on any atom is -0.377 e. The number of ether oxygens (including phenoxy) is 1. The molecule has 7 heteroatoms. The summed E-state index contributed by atoms with van der Waals surface area (Å²) in [6.45, 7) is 6.27. The molecule has 100 valence electrons. The van der Waals surface area contributed by atoms with E-state index in [2.05, 4.69) is 10.3 Å². The molecular weight excluding hydrogens is 234 g/mol. The summed E-state index contributed by atoms with van der Waals surface area (Å²) in [6.07, 6.45) is 1.70. The number of hydrogen-bond donors (Lipinski definition) is 1. The normalized spacial score (nSPS) is 18.9. The molecule has 0 aromatic carbocycles. The Kier molecular flexibility index (Phi) is 3.63. The van der Waals surface area contributed by atoms with Crippen LogP contribution in [0.3, 0.4) is 0 Å².